The van der Waals surface area contributed by atoms with Gasteiger partial charge in [0.15, 0.2) is 6.10 Å². The van der Waals surface area contributed by atoms with E-state index in [2.05, 4.69) is 100 Å². The lowest BCUT2D eigenvalue weighted by Crippen LogP contribution is -2.62. The molecule has 1 fully saturated rings. The van der Waals surface area contributed by atoms with Gasteiger partial charge in [0.05, 0.1) is 31.4 Å². The Hall–Kier alpha value is -14.9. The number of anilines is 2. The molecule has 0 spiro atoms. The molecular weight excluding hydrogens is 1810 g/mol. The van der Waals surface area contributed by atoms with Crippen LogP contribution in [-0.2, 0) is 94.4 Å². The quantitative estimate of drug-likeness (QED) is 0.0117. The number of carbonyl (C=O) groups excluding carboxylic acids is 12. The summed E-state index contributed by atoms with van der Waals surface area (Å²) >= 11 is 0. The normalized spacial score (nSPS) is 19.9. The van der Waals surface area contributed by atoms with Gasteiger partial charge in [-0.1, -0.05) is 59.8 Å². The number of aliphatic hydroxyl groups is 3. The van der Waals surface area contributed by atoms with E-state index in [1.54, 1.807) is 19.2 Å². The molecule has 41 nitrogen and oxygen atoms in total. The zero-order valence-electron chi connectivity index (χ0n) is 77.5. The highest BCUT2D eigenvalue weighted by Gasteiger charge is 2.60. The first-order valence-electron chi connectivity index (χ1n) is 45.9. The fraction of sp³-hybridized carbons (Fsp3) is 0.427. The van der Waals surface area contributed by atoms with Crippen molar-refractivity contribution in [2.24, 2.45) is 5.73 Å². The van der Waals surface area contributed by atoms with Crippen LogP contribution in [0.4, 0.5) is 20.3 Å². The number of rotatable bonds is 34. The first-order chi connectivity index (χ1) is 66.6. The first kappa shape index (κ1) is 105. The number of aromatic hydroxyl groups is 3. The minimum Gasteiger partial charge on any atom is -0.508 e. The molecule has 11 rings (SSSR count). The molecule has 1 saturated heterocycles. The molecule has 5 heterocycles. The number of amides is 11. The lowest BCUT2D eigenvalue weighted by atomic mass is 9.90. The number of hydrogen-bond acceptors (Lipinski definition) is 27. The predicted octanol–water partition coefficient (Wildman–Crippen LogP) is 1.27. The molecule has 2 bridgehead atoms. The van der Waals surface area contributed by atoms with Crippen molar-refractivity contribution in [2.45, 2.75) is 197 Å². The van der Waals surface area contributed by atoms with E-state index in [-0.39, 0.29) is 106 Å². The molecule has 1 aliphatic carbocycles. The SMILES string of the molecule is CCN(CC)c1ccc2c(-c3ccccc3C(=O)N(C)CCCC(=O)N[C@@H](CCCCNC(=O)CCC(=O)OC[C@H]3O[C@@H](n4ccc(N)nc4=O)C(F)(F)[C@@H]3O)C(=O)N[C@@H]3Cc4cn(nn4)CCCCC(C(N)=O)NC(=O)[C@H](CO)NC(=O)[C@H](Cc4ccc(O)cc4)NC(=O)[C@H](Cc4ccc(O)cc4)NC(=O)[C@H](CO)NC(=O)[C@H](Cc4ccc(O)cc4)NC3=O)c3ccc(=[N+](CC)CC)cc-3oc2c1. The van der Waals surface area contributed by atoms with E-state index in [9.17, 15) is 73.8 Å². The van der Waals surface area contributed by atoms with Crippen LogP contribution >= 0.6 is 0 Å². The van der Waals surface area contributed by atoms with Gasteiger partial charge in [-0.2, -0.15) is 13.8 Å². The van der Waals surface area contributed by atoms with Gasteiger partial charge in [-0.25, -0.2) is 9.37 Å². The number of halogens is 2. The van der Waals surface area contributed by atoms with Crippen molar-refractivity contribution in [2.75, 3.05) is 76.8 Å². The summed E-state index contributed by atoms with van der Waals surface area (Å²) in [5, 5.41) is 96.3. The van der Waals surface area contributed by atoms with Crippen molar-refractivity contribution in [1.82, 2.24) is 81.9 Å². The highest BCUT2D eigenvalue weighted by molar-refractivity contribution is 6.10. The molecule has 11 amide bonds. The van der Waals surface area contributed by atoms with Crippen LogP contribution in [0, 0.1) is 0 Å². The number of ether oxygens (including phenoxy) is 2. The largest absolute Gasteiger partial charge is 0.508 e. The summed E-state index contributed by atoms with van der Waals surface area (Å²) in [4.78, 5) is 192. The molecule has 19 N–H and O–H groups in total. The van der Waals surface area contributed by atoms with Crippen molar-refractivity contribution < 1.29 is 111 Å². The van der Waals surface area contributed by atoms with Gasteiger partial charge in [0.2, 0.25) is 70.7 Å². The molecule has 139 heavy (non-hydrogen) atoms. The Bertz CT molecular complexity index is 5950. The lowest BCUT2D eigenvalue weighted by Gasteiger charge is -2.28. The summed E-state index contributed by atoms with van der Waals surface area (Å²) in [5.74, 6) is -15.8. The summed E-state index contributed by atoms with van der Waals surface area (Å²) in [5.41, 5.74) is 15.1. The van der Waals surface area contributed by atoms with Crippen molar-refractivity contribution in [3.8, 4) is 39.7 Å². The number of nitrogens with one attached hydrogen (secondary N) is 9. The molecule has 11 atom stereocenters. The van der Waals surface area contributed by atoms with E-state index in [1.165, 1.54) is 88.6 Å². The number of unbranched alkanes of at least 4 members (excludes halogenated alkanes) is 1. The highest BCUT2D eigenvalue weighted by atomic mass is 19.3. The monoisotopic (exact) mass is 1930 g/mol. The van der Waals surface area contributed by atoms with E-state index in [0.29, 0.717) is 43.7 Å². The number of aliphatic hydroxyl groups excluding tert-OH is 3. The molecular formula is C96H118F2N19O22+. The van der Waals surface area contributed by atoms with Crippen LogP contribution in [-0.4, -0.2) is 264 Å². The standard InChI is InChI=1S/C96H117F2N19O22/c1-6-114(7-2)59-28-36-66-76(49-59)138-77-50-60(115(8-3)9-4)29-37-67(77)83(66)64-17-10-11-18-65(64)93(135)113(5)42-16-21-81(124)102-69(20-12-14-41-101-80(123)38-39-82(125)137-54-78-84(126)96(97,98)94(139-78)117-44-40-79(99)110-95(117)136)86(128)107-73-48-58-51-116(112-111-58)43-15-13-19-68(85(100)127)103-91(133)74(52-118)108-88(130)71(46-56-24-32-62(121)33-25-56)104-87(129)70(45-55-22-30-61(120)31-23-55)106-92(134)75(53-119)109-89(131)72(105-90(73)132)47-57-26-34-63(122)35-27-57/h10-11,17-18,22-37,40,44,49-51,68-75,78,84,94,118-119,126H,6-9,12-16,19-21,38-39,41-43,45-48,52-54H2,1-5H3,(H15-,99,100,101,102,103,104,105,106,107,108,109,110,120,121,122,123,124,127,128,129,130,131,132,133,134,136)/p+1/t68?,69-,70-,71-,72-,73+,74-,75-,78+,84+,94+/m0/s1. The molecule has 3 aliphatic heterocycles. The second kappa shape index (κ2) is 49.3. The Labute approximate surface area is 797 Å². The minimum atomic E-state index is -4.06. The van der Waals surface area contributed by atoms with Gasteiger partial charge >= 0.3 is 17.6 Å². The minimum absolute atomic E-state index is 0.00132. The topological polar surface area (TPSA) is 593 Å². The van der Waals surface area contributed by atoms with E-state index in [0.717, 1.165) is 66.0 Å². The Kier molecular flexibility index (Phi) is 37.1. The number of nitrogens with zero attached hydrogens (tertiary/aromatic N) is 8. The highest BCUT2D eigenvalue weighted by Crippen LogP contribution is 2.44. The van der Waals surface area contributed by atoms with Crippen molar-refractivity contribution in [3.05, 3.63) is 196 Å². The molecule has 742 valence electrons. The van der Waals surface area contributed by atoms with Crippen LogP contribution in [0.25, 0.3) is 33.4 Å². The lowest BCUT2D eigenvalue weighted by molar-refractivity contribution is -0.151. The van der Waals surface area contributed by atoms with Crippen LogP contribution in [0.15, 0.2) is 161 Å². The number of carbonyl (C=O) groups is 12. The summed E-state index contributed by atoms with van der Waals surface area (Å²) in [6.07, 6.45) is -7.28. The van der Waals surface area contributed by atoms with E-state index < -0.39 is 201 Å². The Morgan fingerprint density at radius 3 is 1.81 bits per heavy atom. The van der Waals surface area contributed by atoms with Gasteiger partial charge in [-0.3, -0.25) is 66.8 Å². The maximum Gasteiger partial charge on any atom is 0.351 e. The number of esters is 1. The first-order valence-corrected chi connectivity index (χ1v) is 45.9. The maximum atomic E-state index is 15.5. The molecule has 5 aromatic carbocycles. The molecule has 0 radical (unpaired) electrons. The fourth-order valence-electron chi connectivity index (χ4n) is 16.3. The maximum absolute atomic E-state index is 15.5. The van der Waals surface area contributed by atoms with Crippen LogP contribution < -0.4 is 79.8 Å². The van der Waals surface area contributed by atoms with E-state index in [1.807, 2.05) is 48.5 Å². The second-order valence-corrected chi connectivity index (χ2v) is 33.9. The number of phenolic OH excluding ortho intramolecular Hbond substituents is 3. The smallest absolute Gasteiger partial charge is 0.351 e. The second-order valence-electron chi connectivity index (χ2n) is 33.9. The van der Waals surface area contributed by atoms with Gasteiger partial charge in [-0.05, 0) is 162 Å². The number of nitrogen functional groups attached to an aromatic ring is 1. The summed E-state index contributed by atoms with van der Waals surface area (Å²) < 4.78 is 51.6. The third kappa shape index (κ3) is 28.2. The van der Waals surface area contributed by atoms with Crippen molar-refractivity contribution in [1.29, 1.82) is 0 Å². The zero-order valence-corrected chi connectivity index (χ0v) is 77.5. The van der Waals surface area contributed by atoms with Gasteiger partial charge < -0.3 is 114 Å². The molecule has 1 unspecified atom stereocenters. The summed E-state index contributed by atoms with van der Waals surface area (Å²) in [6.45, 7) is 8.03. The Balaban J connectivity index is 0.862. The molecule has 43 heteroatoms. The van der Waals surface area contributed by atoms with Crippen LogP contribution in [0.3, 0.4) is 0 Å². The fourth-order valence-corrected chi connectivity index (χ4v) is 16.3. The number of hydrogen-bond donors (Lipinski definition) is 17. The van der Waals surface area contributed by atoms with Crippen LogP contribution in [0.5, 0.6) is 17.2 Å². The van der Waals surface area contributed by atoms with E-state index in [4.69, 9.17) is 25.4 Å². The number of aryl methyl sites for hydroxylation is 1. The number of nitrogens with two attached hydrogens (primary N) is 2. The Morgan fingerprint density at radius 1 is 0.662 bits per heavy atom. The van der Waals surface area contributed by atoms with Crippen molar-refractivity contribution in [3.63, 3.8) is 0 Å². The van der Waals surface area contributed by atoms with Crippen LogP contribution in [0.1, 0.15) is 131 Å². The van der Waals surface area contributed by atoms with E-state index >= 15 is 28.0 Å². The molecule has 2 aromatic heterocycles. The number of primary amides is 1. The van der Waals surface area contributed by atoms with Gasteiger partial charge in [0.25, 0.3) is 5.91 Å². The number of phenols is 3. The van der Waals surface area contributed by atoms with Crippen molar-refractivity contribution >= 4 is 93.4 Å². The average molecular weight is 1930 g/mol. The van der Waals surface area contributed by atoms with Gasteiger partial charge in [0.1, 0.15) is 109 Å². The molecule has 4 aliphatic rings. The molecule has 0 saturated carbocycles. The molecule has 7 aromatic rings. The number of benzene rings is 6. The zero-order chi connectivity index (χ0) is 100. The number of aromatic nitrogens is 5. The summed E-state index contributed by atoms with van der Waals surface area (Å²) in [6, 6.07) is 22.9. The number of alkyl halides is 2. The Morgan fingerprint density at radius 2 is 1.24 bits per heavy atom. The van der Waals surface area contributed by atoms with Crippen LogP contribution in [0.2, 0.25) is 0 Å². The van der Waals surface area contributed by atoms with Gasteiger partial charge in [0, 0.05) is 131 Å². The third-order valence-corrected chi connectivity index (χ3v) is 24.0. The number of fused-ring (bicyclic) bond motifs is 4. The third-order valence-electron chi connectivity index (χ3n) is 24.0. The van der Waals surface area contributed by atoms with Gasteiger partial charge in [-0.15, -0.1) is 5.10 Å². The summed E-state index contributed by atoms with van der Waals surface area (Å²) in [7, 11) is 1.59. The average Bonchev–Trinajstić information content (AvgIpc) is 1.20. The predicted molar refractivity (Wildman–Crippen MR) is 501 cm³/mol.